The van der Waals surface area contributed by atoms with Crippen molar-refractivity contribution >= 4 is 0 Å². The summed E-state index contributed by atoms with van der Waals surface area (Å²) in [4.78, 5) is 4.33. The number of ether oxygens (including phenoxy) is 1. The first kappa shape index (κ1) is 16.0. The van der Waals surface area contributed by atoms with Gasteiger partial charge in [-0.15, -0.1) is 0 Å². The molecule has 0 unspecified atom stereocenters. The minimum atomic E-state index is 0.306. The highest BCUT2D eigenvalue weighted by Gasteiger charge is 2.10. The Hall–Kier alpha value is -1.09. The van der Waals surface area contributed by atoms with Crippen molar-refractivity contribution in [1.29, 1.82) is 0 Å². The number of pyridine rings is 1. The van der Waals surface area contributed by atoms with Crippen molar-refractivity contribution in [2.45, 2.75) is 47.6 Å². The third-order valence-electron chi connectivity index (χ3n) is 2.78. The summed E-state index contributed by atoms with van der Waals surface area (Å²) in [5, 5.41) is 3.40. The highest BCUT2D eigenvalue weighted by molar-refractivity contribution is 5.17. The molecule has 0 saturated carbocycles. The van der Waals surface area contributed by atoms with E-state index in [4.69, 9.17) is 4.74 Å². The Balaban J connectivity index is 2.31. The molecule has 0 atom stereocenters. The predicted molar refractivity (Wildman–Crippen MR) is 80.3 cm³/mol. The fraction of sp³-hybridized carbons (Fsp3) is 0.688. The molecule has 0 aliphatic rings. The third-order valence-corrected chi connectivity index (χ3v) is 2.78. The van der Waals surface area contributed by atoms with Crippen LogP contribution in [0, 0.1) is 11.3 Å². The molecule has 1 rings (SSSR count). The summed E-state index contributed by atoms with van der Waals surface area (Å²) in [5.74, 6) is 1.39. The Labute approximate surface area is 117 Å². The number of nitrogens with zero attached hydrogens (tertiary/aromatic N) is 1. The molecule has 3 nitrogen and oxygen atoms in total. The molecule has 1 aromatic heterocycles. The van der Waals surface area contributed by atoms with E-state index in [9.17, 15) is 0 Å². The maximum Gasteiger partial charge on any atom is 0.213 e. The van der Waals surface area contributed by atoms with E-state index in [2.05, 4.69) is 51.0 Å². The van der Waals surface area contributed by atoms with E-state index in [1.807, 2.05) is 12.3 Å². The molecular formula is C16H28N2O. The van der Waals surface area contributed by atoms with Gasteiger partial charge in [-0.05, 0) is 29.9 Å². The van der Waals surface area contributed by atoms with Crippen LogP contribution in [0.5, 0.6) is 5.88 Å². The fourth-order valence-electron chi connectivity index (χ4n) is 1.57. The van der Waals surface area contributed by atoms with E-state index < -0.39 is 0 Å². The second kappa shape index (κ2) is 7.49. The van der Waals surface area contributed by atoms with Crippen molar-refractivity contribution in [3.8, 4) is 5.88 Å². The molecule has 0 saturated heterocycles. The van der Waals surface area contributed by atoms with Gasteiger partial charge in [0.2, 0.25) is 5.88 Å². The molecule has 0 bridgehead atoms. The molecule has 1 N–H and O–H groups in total. The molecule has 0 aliphatic carbocycles. The first-order valence-electron chi connectivity index (χ1n) is 7.15. The van der Waals surface area contributed by atoms with Crippen LogP contribution < -0.4 is 10.1 Å². The van der Waals surface area contributed by atoms with Gasteiger partial charge in [0.1, 0.15) is 0 Å². The van der Waals surface area contributed by atoms with E-state index in [-0.39, 0.29) is 0 Å². The van der Waals surface area contributed by atoms with Gasteiger partial charge in [0.15, 0.2) is 0 Å². The van der Waals surface area contributed by atoms with Gasteiger partial charge in [-0.1, -0.05) is 40.7 Å². The van der Waals surface area contributed by atoms with Crippen LogP contribution in [-0.2, 0) is 6.54 Å². The summed E-state index contributed by atoms with van der Waals surface area (Å²) >= 11 is 0. The molecule has 0 radical (unpaired) electrons. The number of hydrogen-bond donors (Lipinski definition) is 1. The molecule has 3 heteroatoms. The van der Waals surface area contributed by atoms with E-state index in [0.717, 1.165) is 32.0 Å². The monoisotopic (exact) mass is 264 g/mol. The van der Waals surface area contributed by atoms with Gasteiger partial charge in [0.25, 0.3) is 0 Å². The normalized spacial score (nSPS) is 11.9. The first-order valence-corrected chi connectivity index (χ1v) is 7.15. The number of hydrogen-bond acceptors (Lipinski definition) is 3. The van der Waals surface area contributed by atoms with Crippen molar-refractivity contribution in [3.63, 3.8) is 0 Å². The van der Waals surface area contributed by atoms with Crippen LogP contribution in [0.4, 0.5) is 0 Å². The molecule has 108 valence electrons. The number of nitrogens with one attached hydrogen (secondary N) is 1. The van der Waals surface area contributed by atoms with E-state index in [0.29, 0.717) is 11.3 Å². The topological polar surface area (TPSA) is 34.1 Å². The lowest BCUT2D eigenvalue weighted by Gasteiger charge is -2.17. The van der Waals surface area contributed by atoms with Crippen LogP contribution in [0.3, 0.4) is 0 Å². The van der Waals surface area contributed by atoms with Gasteiger partial charge in [-0.2, -0.15) is 0 Å². The molecule has 0 spiro atoms. The van der Waals surface area contributed by atoms with Crippen molar-refractivity contribution in [2.75, 3.05) is 13.2 Å². The van der Waals surface area contributed by atoms with Crippen LogP contribution in [0.15, 0.2) is 18.3 Å². The Morgan fingerprint density at radius 1 is 1.26 bits per heavy atom. The van der Waals surface area contributed by atoms with Crippen LogP contribution in [0.2, 0.25) is 0 Å². The summed E-state index contributed by atoms with van der Waals surface area (Å²) in [6.45, 7) is 13.7. The fourth-order valence-corrected chi connectivity index (χ4v) is 1.57. The van der Waals surface area contributed by atoms with Gasteiger partial charge >= 0.3 is 0 Å². The van der Waals surface area contributed by atoms with Crippen LogP contribution >= 0.6 is 0 Å². The van der Waals surface area contributed by atoms with Gasteiger partial charge < -0.3 is 10.1 Å². The average molecular weight is 264 g/mol. The lowest BCUT2D eigenvalue weighted by atomic mass is 9.93. The maximum atomic E-state index is 5.65. The van der Waals surface area contributed by atoms with Gasteiger partial charge in [0, 0.05) is 18.8 Å². The Morgan fingerprint density at radius 3 is 2.53 bits per heavy atom. The Morgan fingerprint density at radius 2 is 2.00 bits per heavy atom. The minimum absolute atomic E-state index is 0.306. The molecule has 0 amide bonds. The molecular weight excluding hydrogens is 236 g/mol. The summed E-state index contributed by atoms with van der Waals surface area (Å²) in [6, 6.07) is 4.03. The maximum absolute atomic E-state index is 5.65. The smallest absolute Gasteiger partial charge is 0.213 e. The van der Waals surface area contributed by atoms with Crippen LogP contribution in [0.1, 0.15) is 46.6 Å². The standard InChI is InChI=1S/C16H28N2O/c1-13(2)10-17-11-14-6-7-15(18-12-14)19-9-8-16(3,4)5/h6-7,12-13,17H,8-11H2,1-5H3. The van der Waals surface area contributed by atoms with Gasteiger partial charge in [-0.3, -0.25) is 0 Å². The predicted octanol–water partition coefficient (Wildman–Crippen LogP) is 3.64. The van der Waals surface area contributed by atoms with E-state index in [1.165, 1.54) is 5.56 Å². The van der Waals surface area contributed by atoms with Gasteiger partial charge in [-0.25, -0.2) is 4.98 Å². The molecule has 19 heavy (non-hydrogen) atoms. The summed E-state index contributed by atoms with van der Waals surface area (Å²) < 4.78 is 5.65. The third kappa shape index (κ3) is 7.83. The number of aromatic nitrogens is 1. The van der Waals surface area contributed by atoms with Crippen LogP contribution in [-0.4, -0.2) is 18.1 Å². The second-order valence-electron chi connectivity index (χ2n) is 6.69. The van der Waals surface area contributed by atoms with Crippen LogP contribution in [0.25, 0.3) is 0 Å². The molecule has 0 aliphatic heterocycles. The zero-order chi connectivity index (χ0) is 14.3. The minimum Gasteiger partial charge on any atom is -0.478 e. The van der Waals surface area contributed by atoms with E-state index in [1.54, 1.807) is 0 Å². The SMILES string of the molecule is CC(C)CNCc1ccc(OCCC(C)(C)C)nc1. The lowest BCUT2D eigenvalue weighted by Crippen LogP contribution is -2.19. The largest absolute Gasteiger partial charge is 0.478 e. The average Bonchev–Trinajstić information content (AvgIpc) is 2.29. The quantitative estimate of drug-likeness (QED) is 0.816. The summed E-state index contributed by atoms with van der Waals surface area (Å²) in [7, 11) is 0. The Kier molecular flexibility index (Phi) is 6.29. The van der Waals surface area contributed by atoms with Gasteiger partial charge in [0.05, 0.1) is 6.61 Å². The van der Waals surface area contributed by atoms with Crippen molar-refractivity contribution in [1.82, 2.24) is 10.3 Å². The molecule has 1 heterocycles. The van der Waals surface area contributed by atoms with E-state index >= 15 is 0 Å². The molecule has 0 fully saturated rings. The molecule has 0 aromatic carbocycles. The highest BCUT2D eigenvalue weighted by Crippen LogP contribution is 2.18. The zero-order valence-electron chi connectivity index (χ0n) is 13.0. The lowest BCUT2D eigenvalue weighted by molar-refractivity contribution is 0.236. The van der Waals surface area contributed by atoms with Crippen molar-refractivity contribution < 1.29 is 4.74 Å². The Bertz CT molecular complexity index is 352. The van der Waals surface area contributed by atoms with Crippen molar-refractivity contribution in [2.24, 2.45) is 11.3 Å². The summed E-state index contributed by atoms with van der Waals surface area (Å²) in [5.41, 5.74) is 1.50. The summed E-state index contributed by atoms with van der Waals surface area (Å²) in [6.07, 6.45) is 2.92. The highest BCUT2D eigenvalue weighted by atomic mass is 16.5. The van der Waals surface area contributed by atoms with Crippen molar-refractivity contribution in [3.05, 3.63) is 23.9 Å². The molecule has 1 aromatic rings. The number of rotatable bonds is 7. The zero-order valence-corrected chi connectivity index (χ0v) is 13.0. The second-order valence-corrected chi connectivity index (χ2v) is 6.69. The first-order chi connectivity index (χ1) is 8.87.